The molecule has 15 heteroatoms. The fourth-order valence-corrected chi connectivity index (χ4v) is 5.02. The molecule has 11 nitrogen and oxygen atoms in total. The highest BCUT2D eigenvalue weighted by Crippen LogP contribution is 2.24. The second-order valence-electron chi connectivity index (χ2n) is 9.67. The van der Waals surface area contributed by atoms with Gasteiger partial charge in [-0.3, -0.25) is 19.7 Å². The van der Waals surface area contributed by atoms with E-state index in [0.29, 0.717) is 36.5 Å². The van der Waals surface area contributed by atoms with Crippen LogP contribution in [0.4, 0.5) is 24.1 Å². The average molecular weight is 592 g/mol. The number of carbonyl (C=O) groups is 3. The fraction of sp³-hybridized carbons (Fsp3) is 0.423. The van der Waals surface area contributed by atoms with E-state index in [9.17, 15) is 27.6 Å². The minimum absolute atomic E-state index is 0.0102. The van der Waals surface area contributed by atoms with Gasteiger partial charge < -0.3 is 15.0 Å². The Morgan fingerprint density at radius 3 is 2.56 bits per heavy atom. The monoisotopic (exact) mass is 591 g/mol. The van der Waals surface area contributed by atoms with Gasteiger partial charge in [0.15, 0.2) is 5.82 Å². The molecule has 3 amide bonds. The number of aryl methyl sites for hydroxylation is 2. The van der Waals surface area contributed by atoms with Crippen LogP contribution < -0.4 is 15.4 Å². The number of nitrogens with zero attached hydrogens (tertiary/aromatic N) is 5. The summed E-state index contributed by atoms with van der Waals surface area (Å²) in [4.78, 5) is 37.9. The van der Waals surface area contributed by atoms with Crippen LogP contribution in [0.5, 0.6) is 5.75 Å². The van der Waals surface area contributed by atoms with Crippen molar-refractivity contribution in [3.05, 3.63) is 52.7 Å². The van der Waals surface area contributed by atoms with Gasteiger partial charge in [0, 0.05) is 19.4 Å². The summed E-state index contributed by atoms with van der Waals surface area (Å²) in [6.07, 6.45) is -1.58. The Morgan fingerprint density at radius 2 is 1.85 bits per heavy atom. The predicted octanol–water partition coefficient (Wildman–Crippen LogP) is 3.78. The normalized spacial score (nSPS) is 15.2. The van der Waals surface area contributed by atoms with E-state index < -0.39 is 18.0 Å². The first-order valence-electron chi connectivity index (χ1n) is 12.9. The van der Waals surface area contributed by atoms with Crippen LogP contribution in [0.2, 0.25) is 0 Å². The zero-order chi connectivity index (χ0) is 29.4. The Hall–Kier alpha value is -4.14. The van der Waals surface area contributed by atoms with Crippen LogP contribution in [0.25, 0.3) is 0 Å². The number of unbranched alkanes of at least 4 members (excludes halogenated alkanes) is 1. The lowest BCUT2D eigenvalue weighted by Gasteiger charge is -2.14. The maximum absolute atomic E-state index is 12.4. The highest BCUT2D eigenvalue weighted by atomic mass is 32.1. The summed E-state index contributed by atoms with van der Waals surface area (Å²) in [6.45, 7) is 2.57. The summed E-state index contributed by atoms with van der Waals surface area (Å²) >= 11 is 1.30. The van der Waals surface area contributed by atoms with Crippen molar-refractivity contribution < 1.29 is 32.3 Å². The number of halogens is 3. The van der Waals surface area contributed by atoms with E-state index in [1.807, 2.05) is 6.92 Å². The number of nitrogens with one attached hydrogen (secondary N) is 2. The molecule has 2 aromatic heterocycles. The van der Waals surface area contributed by atoms with Crippen LogP contribution in [0.15, 0.2) is 36.4 Å². The Balaban J connectivity index is 1.15. The zero-order valence-corrected chi connectivity index (χ0v) is 22.9. The minimum atomic E-state index is -4.81. The first-order chi connectivity index (χ1) is 19.5. The number of hydrogen-bond acceptors (Lipinski definition) is 9. The number of amides is 3. The number of carbonyl (C=O) groups excluding carboxylic acids is 3. The molecular weight excluding hydrogens is 563 g/mol. The van der Waals surface area contributed by atoms with Gasteiger partial charge in [0.05, 0.1) is 18.7 Å². The number of rotatable bonds is 12. The molecule has 218 valence electrons. The quantitative estimate of drug-likeness (QED) is 0.304. The number of hydrogen-bond donors (Lipinski definition) is 2. The Kier molecular flexibility index (Phi) is 9.81. The number of anilines is 2. The van der Waals surface area contributed by atoms with Crippen LogP contribution in [0.3, 0.4) is 0 Å². The molecule has 2 N–H and O–H groups in total. The number of likely N-dealkylation sites (tertiary alicyclic amines) is 1. The van der Waals surface area contributed by atoms with Crippen molar-refractivity contribution >= 4 is 40.0 Å². The average Bonchev–Trinajstić information content (AvgIpc) is 3.46. The van der Waals surface area contributed by atoms with Gasteiger partial charge in [0.2, 0.25) is 22.9 Å². The van der Waals surface area contributed by atoms with Gasteiger partial charge in [0.25, 0.3) is 0 Å². The lowest BCUT2D eigenvalue weighted by Crippen LogP contribution is -2.34. The first-order valence-corrected chi connectivity index (χ1v) is 13.7. The molecule has 0 radical (unpaired) electrons. The van der Waals surface area contributed by atoms with Gasteiger partial charge in [-0.05, 0) is 55.0 Å². The van der Waals surface area contributed by atoms with Gasteiger partial charge in [-0.15, -0.1) is 28.5 Å². The maximum Gasteiger partial charge on any atom is 0.573 e. The molecule has 1 atom stereocenters. The molecular formula is C26H28F3N7O4S. The van der Waals surface area contributed by atoms with Gasteiger partial charge >= 0.3 is 6.36 Å². The van der Waals surface area contributed by atoms with Crippen molar-refractivity contribution in [3.63, 3.8) is 0 Å². The second-order valence-corrected chi connectivity index (χ2v) is 10.7. The SMILES string of the molecule is C[C@H]1CC(=O)N(CC(=O)Nc2nnc(CCCCc3ccc(NC(=O)Cc4cccc(OC(F)(F)F)c4)nn3)s2)C1. The van der Waals surface area contributed by atoms with E-state index in [0.717, 1.165) is 35.7 Å². The lowest BCUT2D eigenvalue weighted by atomic mass is 10.1. The third-order valence-corrected chi connectivity index (χ3v) is 6.91. The van der Waals surface area contributed by atoms with Gasteiger partial charge in [-0.25, -0.2) is 0 Å². The topological polar surface area (TPSA) is 139 Å². The van der Waals surface area contributed by atoms with Gasteiger partial charge in [0.1, 0.15) is 10.8 Å². The summed E-state index contributed by atoms with van der Waals surface area (Å²) in [7, 11) is 0. The molecule has 1 aliphatic heterocycles. The molecule has 1 saturated heterocycles. The van der Waals surface area contributed by atoms with E-state index in [4.69, 9.17) is 0 Å². The third-order valence-electron chi connectivity index (χ3n) is 6.01. The highest BCUT2D eigenvalue weighted by Gasteiger charge is 2.31. The molecule has 0 saturated carbocycles. The third kappa shape index (κ3) is 9.77. The molecule has 4 rings (SSSR count). The number of benzene rings is 1. The van der Waals surface area contributed by atoms with Crippen molar-refractivity contribution in [2.45, 2.75) is 51.8 Å². The molecule has 0 unspecified atom stereocenters. The molecule has 41 heavy (non-hydrogen) atoms. The van der Waals surface area contributed by atoms with Crippen molar-refractivity contribution in [1.82, 2.24) is 25.3 Å². The summed E-state index contributed by atoms with van der Waals surface area (Å²) < 4.78 is 41.1. The van der Waals surface area contributed by atoms with Crippen LogP contribution in [-0.4, -0.2) is 62.5 Å². The van der Waals surface area contributed by atoms with Crippen LogP contribution in [0, 0.1) is 5.92 Å². The zero-order valence-electron chi connectivity index (χ0n) is 22.1. The van der Waals surface area contributed by atoms with Crippen molar-refractivity contribution in [3.8, 4) is 5.75 Å². The van der Waals surface area contributed by atoms with Crippen LogP contribution in [0.1, 0.15) is 42.5 Å². The van der Waals surface area contributed by atoms with E-state index in [1.165, 1.54) is 23.5 Å². The summed E-state index contributed by atoms with van der Waals surface area (Å²) in [5, 5.41) is 22.7. The Bertz CT molecular complexity index is 1370. The minimum Gasteiger partial charge on any atom is -0.406 e. The predicted molar refractivity (Wildman–Crippen MR) is 143 cm³/mol. The van der Waals surface area contributed by atoms with E-state index in [2.05, 4.69) is 35.8 Å². The van der Waals surface area contributed by atoms with Gasteiger partial charge in [-0.1, -0.05) is 30.4 Å². The number of aromatic nitrogens is 4. The molecule has 1 aromatic carbocycles. The molecule has 0 bridgehead atoms. The van der Waals surface area contributed by atoms with Crippen molar-refractivity contribution in [2.75, 3.05) is 23.7 Å². The largest absolute Gasteiger partial charge is 0.573 e. The fourth-order valence-electron chi connectivity index (χ4n) is 4.23. The number of ether oxygens (including phenoxy) is 1. The molecule has 3 heterocycles. The molecule has 1 fully saturated rings. The molecule has 0 aliphatic carbocycles. The van der Waals surface area contributed by atoms with Crippen molar-refractivity contribution in [2.24, 2.45) is 5.92 Å². The van der Waals surface area contributed by atoms with E-state index in [1.54, 1.807) is 17.0 Å². The smallest absolute Gasteiger partial charge is 0.406 e. The van der Waals surface area contributed by atoms with Crippen molar-refractivity contribution in [1.29, 1.82) is 0 Å². The first kappa shape index (κ1) is 29.8. The summed E-state index contributed by atoms with van der Waals surface area (Å²) in [5.74, 6) is -0.679. The standard InChI is InChI=1S/C26H28F3N7O4S/c1-16-11-24(39)36(14-16)15-22(38)31-25-35-34-23(41-25)8-3-2-6-18-9-10-20(33-32-18)30-21(37)13-17-5-4-7-19(12-17)40-26(27,28)29/h4-5,7,9-10,12,16H,2-3,6,8,11,13-15H2,1H3,(H,30,33,37)(H,31,35,38)/t16-/m0/s1. The number of alkyl halides is 3. The highest BCUT2D eigenvalue weighted by molar-refractivity contribution is 7.15. The summed E-state index contributed by atoms with van der Waals surface area (Å²) in [6, 6.07) is 8.56. The lowest BCUT2D eigenvalue weighted by molar-refractivity contribution is -0.274. The molecule has 0 spiro atoms. The Morgan fingerprint density at radius 1 is 1.05 bits per heavy atom. The Labute approximate surface area is 237 Å². The van der Waals surface area contributed by atoms with Gasteiger partial charge in [-0.2, -0.15) is 5.10 Å². The molecule has 1 aliphatic rings. The van der Waals surface area contributed by atoms with Crippen LogP contribution >= 0.6 is 11.3 Å². The van der Waals surface area contributed by atoms with E-state index >= 15 is 0 Å². The molecule has 3 aromatic rings. The maximum atomic E-state index is 12.4. The summed E-state index contributed by atoms with van der Waals surface area (Å²) in [5.41, 5.74) is 1.09. The second kappa shape index (κ2) is 13.5. The van der Waals surface area contributed by atoms with E-state index in [-0.39, 0.29) is 36.5 Å². The van der Waals surface area contributed by atoms with Crippen LogP contribution in [-0.2, 0) is 33.6 Å².